The molecule has 0 spiro atoms. The van der Waals surface area contributed by atoms with Gasteiger partial charge in [-0.2, -0.15) is 5.10 Å². The summed E-state index contributed by atoms with van der Waals surface area (Å²) in [6.45, 7) is 3.38. The van der Waals surface area contributed by atoms with E-state index in [1.807, 2.05) is 24.3 Å². The number of aromatic nitrogens is 2. The fourth-order valence-corrected chi connectivity index (χ4v) is 3.10. The molecule has 1 N–H and O–H groups in total. The van der Waals surface area contributed by atoms with Crippen LogP contribution in [0.2, 0.25) is 5.02 Å². The number of benzene rings is 1. The van der Waals surface area contributed by atoms with Gasteiger partial charge in [-0.15, -0.1) is 0 Å². The van der Waals surface area contributed by atoms with Gasteiger partial charge in [-0.1, -0.05) is 23.7 Å². The molecule has 7 nitrogen and oxygen atoms in total. The van der Waals surface area contributed by atoms with Gasteiger partial charge in [-0.05, 0) is 17.7 Å². The fourth-order valence-electron chi connectivity index (χ4n) is 2.98. The molecule has 1 aliphatic rings. The molecule has 0 unspecified atom stereocenters. The maximum Gasteiger partial charge on any atom is 0.354 e. The quantitative estimate of drug-likeness (QED) is 0.896. The number of aryl methyl sites for hydroxylation is 1. The van der Waals surface area contributed by atoms with Gasteiger partial charge >= 0.3 is 5.97 Å². The molecule has 0 atom stereocenters. The third-order valence-corrected chi connectivity index (χ3v) is 4.60. The monoisotopic (exact) mass is 362 g/mol. The van der Waals surface area contributed by atoms with Crippen LogP contribution in [0.5, 0.6) is 0 Å². The summed E-state index contributed by atoms with van der Waals surface area (Å²) in [5.41, 5.74) is 1.24. The molecule has 2 heterocycles. The first kappa shape index (κ1) is 17.4. The van der Waals surface area contributed by atoms with Crippen molar-refractivity contribution in [3.8, 4) is 0 Å². The summed E-state index contributed by atoms with van der Waals surface area (Å²) in [7, 11) is 1.52. The van der Waals surface area contributed by atoms with Crippen molar-refractivity contribution in [1.82, 2.24) is 19.6 Å². The molecule has 0 saturated carbocycles. The van der Waals surface area contributed by atoms with E-state index in [1.165, 1.54) is 23.5 Å². The Hall–Kier alpha value is -2.38. The molecule has 1 fully saturated rings. The number of aromatic carboxylic acids is 1. The number of rotatable bonds is 4. The molecular weight excluding hydrogens is 344 g/mol. The number of hydrogen-bond donors (Lipinski definition) is 1. The molecule has 1 aromatic heterocycles. The first-order valence-corrected chi connectivity index (χ1v) is 8.35. The van der Waals surface area contributed by atoms with E-state index in [4.69, 9.17) is 11.6 Å². The van der Waals surface area contributed by atoms with Gasteiger partial charge in [-0.25, -0.2) is 4.79 Å². The summed E-state index contributed by atoms with van der Waals surface area (Å²) in [5.74, 6) is -1.43. The summed E-state index contributed by atoms with van der Waals surface area (Å²) >= 11 is 5.90. The molecule has 8 heteroatoms. The largest absolute Gasteiger partial charge is 0.477 e. The highest BCUT2D eigenvalue weighted by Gasteiger charge is 2.28. The SMILES string of the molecule is Cn1ncc(C(=O)N2CCN(Cc3ccc(Cl)cc3)CC2)c1C(=O)O. The lowest BCUT2D eigenvalue weighted by Gasteiger charge is -2.34. The molecule has 0 radical (unpaired) electrons. The van der Waals surface area contributed by atoms with Crippen LogP contribution in [0.15, 0.2) is 30.5 Å². The number of nitrogens with zero attached hydrogens (tertiary/aromatic N) is 4. The normalized spacial score (nSPS) is 15.4. The maximum absolute atomic E-state index is 12.6. The van der Waals surface area contributed by atoms with E-state index >= 15 is 0 Å². The number of carboxylic acid groups (broad SMARTS) is 1. The van der Waals surface area contributed by atoms with Crippen molar-refractivity contribution in [3.63, 3.8) is 0 Å². The second-order valence-corrected chi connectivity index (χ2v) is 6.47. The Labute approximate surface area is 150 Å². The van der Waals surface area contributed by atoms with Gasteiger partial charge in [0.2, 0.25) is 0 Å². The predicted octanol–water partition coefficient (Wildman–Crippen LogP) is 1.73. The van der Waals surface area contributed by atoms with E-state index in [0.29, 0.717) is 18.1 Å². The molecule has 1 aliphatic heterocycles. The number of amides is 1. The first-order chi connectivity index (χ1) is 12.0. The van der Waals surface area contributed by atoms with Gasteiger partial charge in [0.05, 0.1) is 11.8 Å². The van der Waals surface area contributed by atoms with Gasteiger partial charge < -0.3 is 10.0 Å². The smallest absolute Gasteiger partial charge is 0.354 e. The molecule has 0 aliphatic carbocycles. The molecule has 132 valence electrons. The lowest BCUT2D eigenvalue weighted by molar-refractivity contribution is 0.0606. The summed E-state index contributed by atoms with van der Waals surface area (Å²) in [4.78, 5) is 27.9. The first-order valence-electron chi connectivity index (χ1n) is 7.97. The van der Waals surface area contributed by atoms with E-state index in [2.05, 4.69) is 10.00 Å². The van der Waals surface area contributed by atoms with Crippen LogP contribution in [-0.4, -0.2) is 62.7 Å². The average molecular weight is 363 g/mol. The van der Waals surface area contributed by atoms with Crippen molar-refractivity contribution >= 4 is 23.5 Å². The van der Waals surface area contributed by atoms with Crippen molar-refractivity contribution in [3.05, 3.63) is 52.3 Å². The van der Waals surface area contributed by atoms with Gasteiger partial charge in [0.1, 0.15) is 0 Å². The summed E-state index contributed by atoms with van der Waals surface area (Å²) in [6, 6.07) is 7.72. The standard InChI is InChI=1S/C17H19ClN4O3/c1-20-15(17(24)25)14(10-19-20)16(23)22-8-6-21(7-9-22)11-12-2-4-13(18)5-3-12/h2-5,10H,6-9,11H2,1H3,(H,24,25). The minimum absolute atomic E-state index is 0.0754. The number of piperazine rings is 1. The lowest BCUT2D eigenvalue weighted by atomic mass is 10.1. The Morgan fingerprint density at radius 2 is 1.80 bits per heavy atom. The fraction of sp³-hybridized carbons (Fsp3) is 0.353. The van der Waals surface area contributed by atoms with Crippen molar-refractivity contribution in [2.75, 3.05) is 26.2 Å². The third-order valence-electron chi connectivity index (χ3n) is 4.35. The Kier molecular flexibility index (Phi) is 5.06. The van der Waals surface area contributed by atoms with E-state index in [0.717, 1.165) is 19.6 Å². The Balaban J connectivity index is 1.61. The number of carbonyl (C=O) groups excluding carboxylic acids is 1. The maximum atomic E-state index is 12.6. The number of halogens is 1. The predicted molar refractivity (Wildman–Crippen MR) is 92.8 cm³/mol. The van der Waals surface area contributed by atoms with Crippen molar-refractivity contribution in [2.45, 2.75) is 6.54 Å². The lowest BCUT2D eigenvalue weighted by Crippen LogP contribution is -2.48. The Morgan fingerprint density at radius 3 is 2.40 bits per heavy atom. The van der Waals surface area contributed by atoms with Crippen LogP contribution >= 0.6 is 11.6 Å². The molecule has 25 heavy (non-hydrogen) atoms. The highest BCUT2D eigenvalue weighted by Crippen LogP contribution is 2.16. The van der Waals surface area contributed by atoms with E-state index in [-0.39, 0.29) is 17.2 Å². The zero-order valence-electron chi connectivity index (χ0n) is 13.9. The second kappa shape index (κ2) is 7.25. The van der Waals surface area contributed by atoms with Crippen LogP contribution < -0.4 is 0 Å². The second-order valence-electron chi connectivity index (χ2n) is 6.03. The topological polar surface area (TPSA) is 78.7 Å². The number of carbonyl (C=O) groups is 2. The molecular formula is C17H19ClN4O3. The van der Waals surface area contributed by atoms with E-state index < -0.39 is 5.97 Å². The zero-order chi connectivity index (χ0) is 18.0. The zero-order valence-corrected chi connectivity index (χ0v) is 14.6. The van der Waals surface area contributed by atoms with Crippen LogP contribution in [0.1, 0.15) is 26.4 Å². The van der Waals surface area contributed by atoms with Crippen LogP contribution in [0.4, 0.5) is 0 Å². The Bertz CT molecular complexity index is 780. The summed E-state index contributed by atoms with van der Waals surface area (Å²) < 4.78 is 1.21. The molecule has 3 rings (SSSR count). The molecule has 1 amide bonds. The highest BCUT2D eigenvalue weighted by atomic mass is 35.5. The highest BCUT2D eigenvalue weighted by molar-refractivity contribution is 6.30. The van der Waals surface area contributed by atoms with E-state index in [9.17, 15) is 14.7 Å². The van der Waals surface area contributed by atoms with Gasteiger partial charge in [-0.3, -0.25) is 14.4 Å². The van der Waals surface area contributed by atoms with Crippen LogP contribution in [0.25, 0.3) is 0 Å². The van der Waals surface area contributed by atoms with Crippen molar-refractivity contribution in [2.24, 2.45) is 7.05 Å². The van der Waals surface area contributed by atoms with Crippen LogP contribution in [-0.2, 0) is 13.6 Å². The molecule has 1 aromatic carbocycles. The van der Waals surface area contributed by atoms with Gasteiger partial charge in [0.15, 0.2) is 5.69 Å². The third kappa shape index (κ3) is 3.83. The average Bonchev–Trinajstić information content (AvgIpc) is 2.99. The van der Waals surface area contributed by atoms with Gasteiger partial charge in [0, 0.05) is 44.8 Å². The number of hydrogen-bond acceptors (Lipinski definition) is 4. The minimum atomic E-state index is -1.15. The summed E-state index contributed by atoms with van der Waals surface area (Å²) in [5, 5.41) is 13.9. The number of carboxylic acids is 1. The van der Waals surface area contributed by atoms with Crippen molar-refractivity contribution < 1.29 is 14.7 Å². The molecule has 1 saturated heterocycles. The molecule has 0 bridgehead atoms. The van der Waals surface area contributed by atoms with Crippen molar-refractivity contribution in [1.29, 1.82) is 0 Å². The van der Waals surface area contributed by atoms with Crippen LogP contribution in [0, 0.1) is 0 Å². The van der Waals surface area contributed by atoms with E-state index in [1.54, 1.807) is 4.90 Å². The molecule has 2 aromatic rings. The van der Waals surface area contributed by atoms with Crippen LogP contribution in [0.3, 0.4) is 0 Å². The van der Waals surface area contributed by atoms with Gasteiger partial charge in [0.25, 0.3) is 5.91 Å². The minimum Gasteiger partial charge on any atom is -0.477 e. The summed E-state index contributed by atoms with van der Waals surface area (Å²) in [6.07, 6.45) is 1.33. The Morgan fingerprint density at radius 1 is 1.16 bits per heavy atom.